The summed E-state index contributed by atoms with van der Waals surface area (Å²) >= 11 is 1.93. The maximum Gasteiger partial charge on any atom is 0.0302 e. The van der Waals surface area contributed by atoms with Crippen LogP contribution in [-0.4, -0.2) is 24.5 Å². The molecule has 1 fully saturated rings. The predicted octanol–water partition coefficient (Wildman–Crippen LogP) is 3.32. The molecule has 3 heteroatoms. The molecule has 1 saturated carbocycles. The molecule has 0 bridgehead atoms. The van der Waals surface area contributed by atoms with Crippen molar-refractivity contribution in [2.75, 3.05) is 13.6 Å². The summed E-state index contributed by atoms with van der Waals surface area (Å²) in [4.78, 5) is 5.25. The fourth-order valence-corrected chi connectivity index (χ4v) is 3.18. The van der Waals surface area contributed by atoms with Gasteiger partial charge in [0.25, 0.3) is 0 Å². The van der Waals surface area contributed by atoms with Crippen molar-refractivity contribution >= 4 is 11.3 Å². The van der Waals surface area contributed by atoms with Gasteiger partial charge >= 0.3 is 0 Å². The standard InChI is InChI=1S/C15H24N2S/c1-11(2)9-17(4)10-13-7-15(18-12(13)3)8-16-14-5-6-14/h7,14,16H,1,5-6,8-10H2,2-4H3. The molecule has 1 aromatic heterocycles. The van der Waals surface area contributed by atoms with Gasteiger partial charge in [-0.25, -0.2) is 0 Å². The first-order valence-electron chi connectivity index (χ1n) is 6.69. The van der Waals surface area contributed by atoms with Crippen LogP contribution in [0.5, 0.6) is 0 Å². The van der Waals surface area contributed by atoms with Crippen molar-refractivity contribution in [3.8, 4) is 0 Å². The Labute approximate surface area is 115 Å². The van der Waals surface area contributed by atoms with Crippen LogP contribution in [-0.2, 0) is 13.1 Å². The van der Waals surface area contributed by atoms with E-state index >= 15 is 0 Å². The molecule has 1 aromatic rings. The molecule has 1 N–H and O–H groups in total. The van der Waals surface area contributed by atoms with Crippen molar-refractivity contribution in [3.63, 3.8) is 0 Å². The number of likely N-dealkylation sites (N-methyl/N-ethyl adjacent to an activating group) is 1. The first kappa shape index (κ1) is 13.8. The molecule has 18 heavy (non-hydrogen) atoms. The van der Waals surface area contributed by atoms with E-state index in [-0.39, 0.29) is 0 Å². The Hall–Kier alpha value is -0.640. The lowest BCUT2D eigenvalue weighted by molar-refractivity contribution is 0.355. The summed E-state index contributed by atoms with van der Waals surface area (Å²) in [6, 6.07) is 3.16. The van der Waals surface area contributed by atoms with Crippen LogP contribution in [0.1, 0.15) is 35.1 Å². The average Bonchev–Trinajstić information content (AvgIpc) is 3.02. The molecule has 1 aliphatic rings. The van der Waals surface area contributed by atoms with E-state index in [0.29, 0.717) is 0 Å². The lowest BCUT2D eigenvalue weighted by atomic mass is 10.2. The fourth-order valence-electron chi connectivity index (χ4n) is 2.17. The van der Waals surface area contributed by atoms with Gasteiger partial charge in [0.2, 0.25) is 0 Å². The molecule has 0 unspecified atom stereocenters. The molecule has 0 aromatic carbocycles. The highest BCUT2D eigenvalue weighted by molar-refractivity contribution is 7.12. The highest BCUT2D eigenvalue weighted by Crippen LogP contribution is 2.25. The van der Waals surface area contributed by atoms with Crippen LogP contribution in [0.4, 0.5) is 0 Å². The van der Waals surface area contributed by atoms with Gasteiger partial charge in [-0.05, 0) is 45.4 Å². The highest BCUT2D eigenvalue weighted by atomic mass is 32.1. The molecule has 0 spiro atoms. The second-order valence-corrected chi connectivity index (χ2v) is 6.92. The van der Waals surface area contributed by atoms with Crippen molar-refractivity contribution < 1.29 is 0 Å². The smallest absolute Gasteiger partial charge is 0.0302 e. The minimum Gasteiger partial charge on any atom is -0.309 e. The third-order valence-electron chi connectivity index (χ3n) is 3.19. The summed E-state index contributed by atoms with van der Waals surface area (Å²) in [5.41, 5.74) is 2.69. The van der Waals surface area contributed by atoms with Crippen LogP contribution >= 0.6 is 11.3 Å². The van der Waals surface area contributed by atoms with Gasteiger partial charge in [0.1, 0.15) is 0 Å². The summed E-state index contributed by atoms with van der Waals surface area (Å²) in [6.07, 6.45) is 2.72. The molecule has 1 aliphatic carbocycles. The van der Waals surface area contributed by atoms with Crippen LogP contribution in [0.25, 0.3) is 0 Å². The lowest BCUT2D eigenvalue weighted by Gasteiger charge is -2.16. The normalized spacial score (nSPS) is 15.3. The van der Waals surface area contributed by atoms with Crippen LogP contribution < -0.4 is 5.32 Å². The number of nitrogens with zero attached hydrogens (tertiary/aromatic N) is 1. The van der Waals surface area contributed by atoms with Crippen LogP contribution in [0, 0.1) is 6.92 Å². The molecular formula is C15H24N2S. The summed E-state index contributed by atoms with van der Waals surface area (Å²) in [5, 5.41) is 3.58. The molecule has 0 atom stereocenters. The van der Waals surface area contributed by atoms with Gasteiger partial charge in [-0.15, -0.1) is 11.3 Å². The first-order valence-corrected chi connectivity index (χ1v) is 7.50. The summed E-state index contributed by atoms with van der Waals surface area (Å²) in [6.45, 7) is 11.3. The van der Waals surface area contributed by atoms with E-state index in [1.165, 1.54) is 33.7 Å². The Kier molecular flexibility index (Phi) is 4.60. The quantitative estimate of drug-likeness (QED) is 0.760. The molecule has 0 radical (unpaired) electrons. The average molecular weight is 264 g/mol. The molecule has 0 amide bonds. The zero-order chi connectivity index (χ0) is 13.1. The molecule has 0 saturated heterocycles. The summed E-state index contributed by atoms with van der Waals surface area (Å²) in [5.74, 6) is 0. The molecule has 2 rings (SSSR count). The zero-order valence-corrected chi connectivity index (χ0v) is 12.6. The Morgan fingerprint density at radius 2 is 2.28 bits per heavy atom. The van der Waals surface area contributed by atoms with Gasteiger partial charge in [0.15, 0.2) is 0 Å². The fraction of sp³-hybridized carbons (Fsp3) is 0.600. The Morgan fingerprint density at radius 3 is 2.89 bits per heavy atom. The van der Waals surface area contributed by atoms with Gasteiger partial charge < -0.3 is 5.32 Å². The third-order valence-corrected chi connectivity index (χ3v) is 4.29. The Balaban J connectivity index is 1.88. The van der Waals surface area contributed by atoms with Gasteiger partial charge in [-0.2, -0.15) is 0 Å². The van der Waals surface area contributed by atoms with Crippen LogP contribution in [0.2, 0.25) is 0 Å². The maximum absolute atomic E-state index is 3.97. The van der Waals surface area contributed by atoms with Crippen molar-refractivity contribution in [3.05, 3.63) is 33.5 Å². The van der Waals surface area contributed by atoms with Gasteiger partial charge in [0.05, 0.1) is 0 Å². The molecular weight excluding hydrogens is 240 g/mol. The van der Waals surface area contributed by atoms with E-state index in [2.05, 4.69) is 43.8 Å². The van der Waals surface area contributed by atoms with Gasteiger partial charge in [-0.3, -0.25) is 4.90 Å². The van der Waals surface area contributed by atoms with E-state index in [1.54, 1.807) is 0 Å². The molecule has 100 valence electrons. The van der Waals surface area contributed by atoms with E-state index in [4.69, 9.17) is 0 Å². The van der Waals surface area contributed by atoms with Crippen molar-refractivity contribution in [1.29, 1.82) is 0 Å². The number of hydrogen-bond acceptors (Lipinski definition) is 3. The van der Waals surface area contributed by atoms with Gasteiger partial charge in [-0.1, -0.05) is 12.2 Å². The van der Waals surface area contributed by atoms with Crippen LogP contribution in [0.3, 0.4) is 0 Å². The largest absolute Gasteiger partial charge is 0.309 e. The van der Waals surface area contributed by atoms with Crippen molar-refractivity contribution in [2.24, 2.45) is 0 Å². The second-order valence-electron chi connectivity index (χ2n) is 5.58. The number of hydrogen-bond donors (Lipinski definition) is 1. The number of nitrogens with one attached hydrogen (secondary N) is 1. The topological polar surface area (TPSA) is 15.3 Å². The van der Waals surface area contributed by atoms with Gasteiger partial charge in [0, 0.05) is 35.4 Å². The minimum atomic E-state index is 0.793. The highest BCUT2D eigenvalue weighted by Gasteiger charge is 2.20. The third kappa shape index (κ3) is 4.23. The van der Waals surface area contributed by atoms with Crippen molar-refractivity contribution in [1.82, 2.24) is 10.2 Å². The zero-order valence-electron chi connectivity index (χ0n) is 11.8. The molecule has 2 nitrogen and oxygen atoms in total. The summed E-state index contributed by atoms with van der Waals surface area (Å²) in [7, 11) is 2.16. The summed E-state index contributed by atoms with van der Waals surface area (Å²) < 4.78 is 0. The van der Waals surface area contributed by atoms with Crippen molar-refractivity contribution in [2.45, 2.75) is 45.8 Å². The Bertz CT molecular complexity index is 418. The second kappa shape index (κ2) is 6.00. The van der Waals surface area contributed by atoms with E-state index < -0.39 is 0 Å². The monoisotopic (exact) mass is 264 g/mol. The Morgan fingerprint density at radius 1 is 1.56 bits per heavy atom. The SMILES string of the molecule is C=C(C)CN(C)Cc1cc(CNC2CC2)sc1C. The molecule has 0 aliphatic heterocycles. The van der Waals surface area contributed by atoms with E-state index in [9.17, 15) is 0 Å². The minimum absolute atomic E-state index is 0.793. The van der Waals surface area contributed by atoms with E-state index in [0.717, 1.165) is 25.7 Å². The first-order chi connectivity index (χ1) is 8.54. The lowest BCUT2D eigenvalue weighted by Crippen LogP contribution is -2.19. The number of thiophene rings is 1. The maximum atomic E-state index is 3.97. The number of aryl methyl sites for hydroxylation is 1. The predicted molar refractivity (Wildman–Crippen MR) is 80.1 cm³/mol. The number of rotatable bonds is 7. The molecule has 1 heterocycles. The van der Waals surface area contributed by atoms with E-state index in [1.807, 2.05) is 11.3 Å². The van der Waals surface area contributed by atoms with Crippen LogP contribution in [0.15, 0.2) is 18.2 Å².